The maximum Gasteiger partial charge on any atom is 0.0919 e. The van der Waals surface area contributed by atoms with Crippen LogP contribution in [0.4, 0.5) is 0 Å². The minimum absolute atomic E-state index is 0.433. The van der Waals surface area contributed by atoms with Gasteiger partial charge in [0.05, 0.1) is 11.0 Å². The van der Waals surface area contributed by atoms with Crippen LogP contribution in [0.5, 0.6) is 0 Å². The van der Waals surface area contributed by atoms with E-state index >= 15 is 0 Å². The molecule has 1 unspecified atom stereocenters. The smallest absolute Gasteiger partial charge is 0.0919 e. The van der Waals surface area contributed by atoms with E-state index in [1.807, 2.05) is 0 Å². The first-order valence-electron chi connectivity index (χ1n) is 9.92. The maximum atomic E-state index is 5.20. The summed E-state index contributed by atoms with van der Waals surface area (Å²) in [5, 5.41) is 0. The monoisotopic (exact) mass is 338 g/mol. The molecule has 0 saturated heterocycles. The first-order chi connectivity index (χ1) is 12.3. The van der Waals surface area contributed by atoms with Gasteiger partial charge in [-0.05, 0) is 62.0 Å². The van der Waals surface area contributed by atoms with Crippen LogP contribution >= 0.6 is 0 Å². The van der Waals surface area contributed by atoms with Crippen LogP contribution in [-0.4, -0.2) is 23.3 Å². The number of allylic oxidation sites excluding steroid dienone is 2. The Balaban J connectivity index is 1.61. The summed E-state index contributed by atoms with van der Waals surface area (Å²) in [6, 6.07) is 2.40. The molecule has 2 aliphatic carbocycles. The molecule has 4 rings (SSSR count). The molecule has 0 aliphatic heterocycles. The summed E-state index contributed by atoms with van der Waals surface area (Å²) in [7, 11) is 1.78. The number of nitrogens with zero attached hydrogens (tertiary/aromatic N) is 2. The van der Waals surface area contributed by atoms with E-state index in [2.05, 4.69) is 42.1 Å². The first-order valence-corrected chi connectivity index (χ1v) is 9.92. The van der Waals surface area contributed by atoms with E-state index in [1.54, 1.807) is 7.11 Å². The SMILES string of the molecule is COCCCCn1cc(C(C)/C=C/C2CC2)c2ncc(C3CC3)cc21. The van der Waals surface area contributed by atoms with Crippen LogP contribution in [0.2, 0.25) is 0 Å². The van der Waals surface area contributed by atoms with E-state index in [1.165, 1.54) is 47.8 Å². The molecule has 2 fully saturated rings. The number of aryl methyl sites for hydroxylation is 1. The van der Waals surface area contributed by atoms with Gasteiger partial charge in [-0.15, -0.1) is 0 Å². The number of fused-ring (bicyclic) bond motifs is 1. The fourth-order valence-corrected chi connectivity index (χ4v) is 3.61. The van der Waals surface area contributed by atoms with Gasteiger partial charge in [-0.2, -0.15) is 0 Å². The lowest BCUT2D eigenvalue weighted by molar-refractivity contribution is 0.191. The molecule has 3 nitrogen and oxygen atoms in total. The van der Waals surface area contributed by atoms with Crippen molar-refractivity contribution in [1.29, 1.82) is 0 Å². The lowest BCUT2D eigenvalue weighted by Gasteiger charge is -2.06. The van der Waals surface area contributed by atoms with E-state index in [4.69, 9.17) is 9.72 Å². The Labute approximate surface area is 151 Å². The highest BCUT2D eigenvalue weighted by Gasteiger charge is 2.25. The van der Waals surface area contributed by atoms with Crippen LogP contribution in [0.1, 0.15) is 68.4 Å². The van der Waals surface area contributed by atoms with Crippen LogP contribution < -0.4 is 0 Å². The van der Waals surface area contributed by atoms with Crippen molar-refractivity contribution < 1.29 is 4.74 Å². The van der Waals surface area contributed by atoms with Gasteiger partial charge in [0.1, 0.15) is 0 Å². The Morgan fingerprint density at radius 2 is 2.12 bits per heavy atom. The van der Waals surface area contributed by atoms with Gasteiger partial charge in [-0.3, -0.25) is 4.98 Å². The number of hydrogen-bond donors (Lipinski definition) is 0. The average Bonchev–Trinajstić information content (AvgIpc) is 3.53. The number of ether oxygens (including phenoxy) is 1. The van der Waals surface area contributed by atoms with E-state index in [0.29, 0.717) is 5.92 Å². The summed E-state index contributed by atoms with van der Waals surface area (Å²) in [6.45, 7) is 4.20. The van der Waals surface area contributed by atoms with Crippen LogP contribution in [-0.2, 0) is 11.3 Å². The molecule has 1 atom stereocenters. The molecule has 25 heavy (non-hydrogen) atoms. The summed E-state index contributed by atoms with van der Waals surface area (Å²) < 4.78 is 7.63. The Morgan fingerprint density at radius 1 is 1.28 bits per heavy atom. The quantitative estimate of drug-likeness (QED) is 0.451. The molecule has 0 spiro atoms. The van der Waals surface area contributed by atoms with Crippen LogP contribution in [0, 0.1) is 5.92 Å². The minimum atomic E-state index is 0.433. The molecule has 2 heterocycles. The predicted octanol–water partition coefficient (Wildman–Crippen LogP) is 5.41. The zero-order valence-electron chi connectivity index (χ0n) is 15.6. The lowest BCUT2D eigenvalue weighted by atomic mass is 10.0. The largest absolute Gasteiger partial charge is 0.385 e. The molecule has 134 valence electrons. The maximum absolute atomic E-state index is 5.20. The Bertz CT molecular complexity index is 753. The van der Waals surface area contributed by atoms with Crippen molar-refractivity contribution in [3.63, 3.8) is 0 Å². The average molecular weight is 338 g/mol. The molecule has 0 amide bonds. The van der Waals surface area contributed by atoms with Gasteiger partial charge in [0.2, 0.25) is 0 Å². The third kappa shape index (κ3) is 3.98. The Hall–Kier alpha value is -1.61. The molecular weight excluding hydrogens is 308 g/mol. The normalized spacial score (nSPS) is 19.1. The third-order valence-corrected chi connectivity index (χ3v) is 5.60. The zero-order valence-corrected chi connectivity index (χ0v) is 15.6. The second-order valence-corrected chi connectivity index (χ2v) is 7.90. The lowest BCUT2D eigenvalue weighted by Crippen LogP contribution is -1.99. The van der Waals surface area contributed by atoms with Crippen molar-refractivity contribution in [3.05, 3.63) is 41.7 Å². The second kappa shape index (κ2) is 7.33. The van der Waals surface area contributed by atoms with Crippen molar-refractivity contribution in [1.82, 2.24) is 9.55 Å². The molecule has 2 saturated carbocycles. The molecule has 0 aromatic carbocycles. The molecule has 0 N–H and O–H groups in total. The van der Waals surface area contributed by atoms with Crippen LogP contribution in [0.3, 0.4) is 0 Å². The summed E-state index contributed by atoms with van der Waals surface area (Å²) in [6.07, 6.45) is 16.9. The molecule has 0 bridgehead atoms. The van der Waals surface area contributed by atoms with Crippen molar-refractivity contribution in [2.45, 2.75) is 63.8 Å². The van der Waals surface area contributed by atoms with Crippen LogP contribution in [0.25, 0.3) is 11.0 Å². The minimum Gasteiger partial charge on any atom is -0.385 e. The number of methoxy groups -OCH3 is 1. The summed E-state index contributed by atoms with van der Waals surface area (Å²) in [5.41, 5.74) is 5.32. The summed E-state index contributed by atoms with van der Waals surface area (Å²) in [4.78, 5) is 4.89. The zero-order chi connectivity index (χ0) is 17.2. The van der Waals surface area contributed by atoms with Crippen LogP contribution in [0.15, 0.2) is 30.6 Å². The van der Waals surface area contributed by atoms with Gasteiger partial charge in [0.25, 0.3) is 0 Å². The number of unbranched alkanes of at least 4 members (excludes halogenated alkanes) is 1. The van der Waals surface area contributed by atoms with E-state index in [0.717, 1.165) is 37.8 Å². The molecule has 2 aromatic heterocycles. The fraction of sp³-hybridized carbons (Fsp3) is 0.591. The summed E-state index contributed by atoms with van der Waals surface area (Å²) in [5.74, 6) is 2.02. The van der Waals surface area contributed by atoms with Crippen molar-refractivity contribution in [2.75, 3.05) is 13.7 Å². The van der Waals surface area contributed by atoms with Gasteiger partial charge >= 0.3 is 0 Å². The first kappa shape index (κ1) is 16.8. The predicted molar refractivity (Wildman–Crippen MR) is 103 cm³/mol. The fourth-order valence-electron chi connectivity index (χ4n) is 3.61. The van der Waals surface area contributed by atoms with E-state index in [-0.39, 0.29) is 0 Å². The highest BCUT2D eigenvalue weighted by atomic mass is 16.5. The molecule has 2 aliphatic rings. The van der Waals surface area contributed by atoms with Crippen molar-refractivity contribution in [3.8, 4) is 0 Å². The standard InChI is InChI=1S/C22H30N2O/c1-16(5-6-17-7-8-17)20-15-24(11-3-4-12-25-2)21-13-19(18-9-10-18)14-23-22(20)21/h5-6,13-18H,3-4,7-12H2,1-2H3/b6-5+. The van der Waals surface area contributed by atoms with Gasteiger partial charge in [-0.1, -0.05) is 19.1 Å². The number of rotatable bonds is 9. The van der Waals surface area contributed by atoms with Gasteiger partial charge in [0.15, 0.2) is 0 Å². The molecule has 2 aromatic rings. The van der Waals surface area contributed by atoms with E-state index < -0.39 is 0 Å². The third-order valence-electron chi connectivity index (χ3n) is 5.60. The summed E-state index contributed by atoms with van der Waals surface area (Å²) >= 11 is 0. The molecule has 3 heteroatoms. The highest BCUT2D eigenvalue weighted by Crippen LogP contribution is 2.41. The number of pyridine rings is 1. The Morgan fingerprint density at radius 3 is 2.84 bits per heavy atom. The molecular formula is C22H30N2O. The Kier molecular flexibility index (Phi) is 4.93. The van der Waals surface area contributed by atoms with Crippen molar-refractivity contribution in [2.24, 2.45) is 5.92 Å². The topological polar surface area (TPSA) is 27.1 Å². The van der Waals surface area contributed by atoms with Gasteiger partial charge in [0, 0.05) is 44.1 Å². The molecule has 0 radical (unpaired) electrons. The van der Waals surface area contributed by atoms with Gasteiger partial charge in [-0.25, -0.2) is 0 Å². The highest BCUT2D eigenvalue weighted by molar-refractivity contribution is 5.81. The number of hydrogen-bond acceptors (Lipinski definition) is 2. The second-order valence-electron chi connectivity index (χ2n) is 7.90. The van der Waals surface area contributed by atoms with Crippen molar-refractivity contribution >= 4 is 11.0 Å². The van der Waals surface area contributed by atoms with E-state index in [9.17, 15) is 0 Å². The number of aromatic nitrogens is 2. The van der Waals surface area contributed by atoms with Gasteiger partial charge < -0.3 is 9.30 Å².